The maximum absolute atomic E-state index is 6.15. The predicted molar refractivity (Wildman–Crippen MR) is 109 cm³/mol. The van der Waals surface area contributed by atoms with Gasteiger partial charge in [0.25, 0.3) is 0 Å². The number of ether oxygens (including phenoxy) is 3. The maximum atomic E-state index is 6.15. The second-order valence-electron chi connectivity index (χ2n) is 8.48. The van der Waals surface area contributed by atoms with E-state index in [0.717, 1.165) is 57.3 Å². The standard InChI is InChI=1S/C23H29N3O3/c1-16-24-9-6-22(25-16)29-14-18-13-26(12-17-7-10-27-11-8-17)23-19-4-2-3-5-21(19)28-15-20(18)23/h2-6,9,17-18,20,23H,7-8,10-15H2,1H3/t18-,20-,23-/m0/s1. The molecule has 0 N–H and O–H groups in total. The molecule has 0 radical (unpaired) electrons. The Morgan fingerprint density at radius 3 is 2.90 bits per heavy atom. The topological polar surface area (TPSA) is 56.7 Å². The number of fused-ring (bicyclic) bond motifs is 3. The van der Waals surface area contributed by atoms with Gasteiger partial charge in [-0.3, -0.25) is 4.90 Å². The van der Waals surface area contributed by atoms with Gasteiger partial charge in [-0.25, -0.2) is 4.98 Å². The van der Waals surface area contributed by atoms with E-state index < -0.39 is 0 Å². The van der Waals surface area contributed by atoms with Crippen molar-refractivity contribution in [2.75, 3.05) is 39.5 Å². The number of nitrogens with zero attached hydrogens (tertiary/aromatic N) is 3. The van der Waals surface area contributed by atoms with Gasteiger partial charge in [-0.2, -0.15) is 4.98 Å². The number of para-hydroxylation sites is 1. The van der Waals surface area contributed by atoms with Crippen molar-refractivity contribution in [1.82, 2.24) is 14.9 Å². The first kappa shape index (κ1) is 18.8. The maximum Gasteiger partial charge on any atom is 0.216 e. The summed E-state index contributed by atoms with van der Waals surface area (Å²) < 4.78 is 17.8. The van der Waals surface area contributed by atoms with Crippen molar-refractivity contribution in [3.63, 3.8) is 0 Å². The summed E-state index contributed by atoms with van der Waals surface area (Å²) in [6.45, 7) is 7.25. The van der Waals surface area contributed by atoms with Crippen LogP contribution in [0.15, 0.2) is 36.5 Å². The number of rotatable bonds is 5. The van der Waals surface area contributed by atoms with Crippen molar-refractivity contribution in [3.05, 3.63) is 47.9 Å². The third-order valence-electron chi connectivity index (χ3n) is 6.57. The van der Waals surface area contributed by atoms with Crippen LogP contribution in [0.1, 0.15) is 30.3 Å². The lowest BCUT2D eigenvalue weighted by molar-refractivity contribution is 0.0457. The molecule has 0 unspecified atom stereocenters. The summed E-state index contributed by atoms with van der Waals surface area (Å²) in [4.78, 5) is 11.2. The molecule has 4 heterocycles. The van der Waals surface area contributed by atoms with Crippen LogP contribution in [0, 0.1) is 24.7 Å². The van der Waals surface area contributed by atoms with Gasteiger partial charge in [0.1, 0.15) is 11.6 Å². The predicted octanol–water partition coefficient (Wildman–Crippen LogP) is 3.27. The smallest absolute Gasteiger partial charge is 0.216 e. The minimum absolute atomic E-state index is 0.406. The quantitative estimate of drug-likeness (QED) is 0.775. The molecular formula is C23H29N3O3. The Morgan fingerprint density at radius 2 is 2.03 bits per heavy atom. The number of hydrogen-bond acceptors (Lipinski definition) is 6. The Hall–Kier alpha value is -2.18. The molecule has 0 spiro atoms. The van der Waals surface area contributed by atoms with Crippen LogP contribution in [0.2, 0.25) is 0 Å². The highest BCUT2D eigenvalue weighted by Crippen LogP contribution is 2.47. The van der Waals surface area contributed by atoms with Gasteiger partial charge in [0.15, 0.2) is 0 Å². The number of aryl methyl sites for hydroxylation is 1. The van der Waals surface area contributed by atoms with Crippen molar-refractivity contribution >= 4 is 0 Å². The van der Waals surface area contributed by atoms with E-state index in [1.165, 1.54) is 5.56 Å². The molecule has 6 nitrogen and oxygen atoms in total. The molecule has 29 heavy (non-hydrogen) atoms. The van der Waals surface area contributed by atoms with Gasteiger partial charge in [-0.05, 0) is 31.7 Å². The zero-order chi connectivity index (χ0) is 19.6. The SMILES string of the molecule is Cc1nccc(OC[C@@H]2CN(CC3CCOCC3)[C@H]3c4ccccc4OC[C@@H]23)n1. The molecule has 3 aliphatic heterocycles. The third-order valence-corrected chi connectivity index (χ3v) is 6.57. The first-order chi connectivity index (χ1) is 14.3. The van der Waals surface area contributed by atoms with E-state index in [0.29, 0.717) is 36.3 Å². The Kier molecular flexibility index (Phi) is 5.38. The monoisotopic (exact) mass is 395 g/mol. The van der Waals surface area contributed by atoms with Crippen LogP contribution >= 0.6 is 0 Å². The highest BCUT2D eigenvalue weighted by atomic mass is 16.5. The summed E-state index contributed by atoms with van der Waals surface area (Å²) in [7, 11) is 0. The Labute approximate surface area is 172 Å². The van der Waals surface area contributed by atoms with Gasteiger partial charge in [-0.15, -0.1) is 0 Å². The van der Waals surface area contributed by atoms with Crippen LogP contribution in [-0.2, 0) is 4.74 Å². The molecule has 5 rings (SSSR count). The van der Waals surface area contributed by atoms with Crippen LogP contribution in [0.4, 0.5) is 0 Å². The van der Waals surface area contributed by atoms with E-state index >= 15 is 0 Å². The molecule has 0 bridgehead atoms. The molecule has 2 saturated heterocycles. The molecule has 1 aromatic heterocycles. The second-order valence-corrected chi connectivity index (χ2v) is 8.48. The van der Waals surface area contributed by atoms with Gasteiger partial charge in [-0.1, -0.05) is 18.2 Å². The van der Waals surface area contributed by atoms with Gasteiger partial charge in [0, 0.05) is 62.0 Å². The molecule has 154 valence electrons. The van der Waals surface area contributed by atoms with Gasteiger partial charge >= 0.3 is 0 Å². The number of hydrogen-bond donors (Lipinski definition) is 0. The molecule has 0 saturated carbocycles. The molecule has 1 aromatic carbocycles. The van der Waals surface area contributed by atoms with Crippen LogP contribution < -0.4 is 9.47 Å². The zero-order valence-electron chi connectivity index (χ0n) is 17.0. The first-order valence-electron chi connectivity index (χ1n) is 10.7. The average molecular weight is 396 g/mol. The molecule has 3 aliphatic rings. The molecule has 2 aromatic rings. The fourth-order valence-electron chi connectivity index (χ4n) is 5.11. The summed E-state index contributed by atoms with van der Waals surface area (Å²) >= 11 is 0. The van der Waals surface area contributed by atoms with Crippen molar-refractivity contribution in [1.29, 1.82) is 0 Å². The van der Waals surface area contributed by atoms with E-state index in [2.05, 4.69) is 39.1 Å². The third kappa shape index (κ3) is 3.96. The van der Waals surface area contributed by atoms with Crippen molar-refractivity contribution in [2.45, 2.75) is 25.8 Å². The molecule has 3 atom stereocenters. The van der Waals surface area contributed by atoms with E-state index in [-0.39, 0.29) is 0 Å². The number of aromatic nitrogens is 2. The summed E-state index contributed by atoms with van der Waals surface area (Å²) in [6.07, 6.45) is 4.08. The lowest BCUT2D eigenvalue weighted by Gasteiger charge is -2.36. The average Bonchev–Trinajstić information content (AvgIpc) is 3.11. The largest absolute Gasteiger partial charge is 0.493 e. The molecule has 0 aliphatic carbocycles. The highest BCUT2D eigenvalue weighted by Gasteiger charge is 2.46. The summed E-state index contributed by atoms with van der Waals surface area (Å²) in [5.74, 6) is 4.01. The van der Waals surface area contributed by atoms with Crippen LogP contribution in [0.25, 0.3) is 0 Å². The summed E-state index contributed by atoms with van der Waals surface area (Å²) in [5, 5.41) is 0. The van der Waals surface area contributed by atoms with Crippen LogP contribution in [0.5, 0.6) is 11.6 Å². The van der Waals surface area contributed by atoms with E-state index in [1.54, 1.807) is 6.20 Å². The lowest BCUT2D eigenvalue weighted by atomic mass is 9.85. The van der Waals surface area contributed by atoms with Crippen LogP contribution in [0.3, 0.4) is 0 Å². The normalized spacial score (nSPS) is 27.1. The van der Waals surface area contributed by atoms with Gasteiger partial charge in [0.2, 0.25) is 5.88 Å². The van der Waals surface area contributed by atoms with Gasteiger partial charge < -0.3 is 14.2 Å². The first-order valence-corrected chi connectivity index (χ1v) is 10.7. The minimum Gasteiger partial charge on any atom is -0.493 e. The van der Waals surface area contributed by atoms with Crippen molar-refractivity contribution in [2.24, 2.45) is 17.8 Å². The van der Waals surface area contributed by atoms with E-state index in [9.17, 15) is 0 Å². The van der Waals surface area contributed by atoms with Gasteiger partial charge in [0.05, 0.1) is 13.2 Å². The Bertz CT molecular complexity index is 840. The van der Waals surface area contributed by atoms with Crippen molar-refractivity contribution in [3.8, 4) is 11.6 Å². The fraction of sp³-hybridized carbons (Fsp3) is 0.565. The molecular weight excluding hydrogens is 366 g/mol. The molecule has 6 heteroatoms. The lowest BCUT2D eigenvalue weighted by Crippen LogP contribution is -2.35. The molecule has 0 amide bonds. The highest BCUT2D eigenvalue weighted by molar-refractivity contribution is 5.39. The number of likely N-dealkylation sites (tertiary alicyclic amines) is 1. The minimum atomic E-state index is 0.406. The Balaban J connectivity index is 1.35. The summed E-state index contributed by atoms with van der Waals surface area (Å²) in [5.41, 5.74) is 1.33. The molecule has 2 fully saturated rings. The number of benzene rings is 1. The second kappa shape index (κ2) is 8.28. The summed E-state index contributed by atoms with van der Waals surface area (Å²) in [6, 6.07) is 10.8. The van der Waals surface area contributed by atoms with Crippen LogP contribution in [-0.4, -0.2) is 54.4 Å². The zero-order valence-corrected chi connectivity index (χ0v) is 17.0. The Morgan fingerprint density at radius 1 is 1.17 bits per heavy atom. The van der Waals surface area contributed by atoms with E-state index in [4.69, 9.17) is 14.2 Å². The van der Waals surface area contributed by atoms with Crippen molar-refractivity contribution < 1.29 is 14.2 Å². The fourth-order valence-corrected chi connectivity index (χ4v) is 5.11. The van der Waals surface area contributed by atoms with E-state index in [1.807, 2.05) is 13.0 Å².